The van der Waals surface area contributed by atoms with Crippen LogP contribution in [0.25, 0.3) is 10.4 Å². The Morgan fingerprint density at radius 2 is 1.74 bits per heavy atom. The Bertz CT molecular complexity index is 516. The highest BCUT2D eigenvalue weighted by Gasteiger charge is 2.10. The Morgan fingerprint density at radius 1 is 0.947 bits per heavy atom. The van der Waals surface area contributed by atoms with Crippen molar-refractivity contribution in [2.24, 2.45) is 0 Å². The van der Waals surface area contributed by atoms with Crippen LogP contribution < -0.4 is 0 Å². The van der Waals surface area contributed by atoms with Crippen molar-refractivity contribution in [3.05, 3.63) is 30.6 Å². The van der Waals surface area contributed by atoms with Crippen molar-refractivity contribution in [2.45, 2.75) is 32.1 Å². The van der Waals surface area contributed by atoms with Crippen molar-refractivity contribution in [1.29, 1.82) is 0 Å². The molecule has 0 atom stereocenters. The Morgan fingerprint density at radius 3 is 2.42 bits per heavy atom. The van der Waals surface area contributed by atoms with E-state index >= 15 is 0 Å². The van der Waals surface area contributed by atoms with Gasteiger partial charge in [0.05, 0.1) is 7.57 Å². The number of hydrogen-bond donors (Lipinski definition) is 0. The van der Waals surface area contributed by atoms with Crippen LogP contribution in [0.4, 0.5) is 0 Å². The molecule has 0 fully saturated rings. The number of rotatable bonds is 7. The zero-order valence-electron chi connectivity index (χ0n) is 10.4. The average molecular weight is 487 g/mol. The summed E-state index contributed by atoms with van der Waals surface area (Å²) < 4.78 is 2.39. The molecule has 2 aromatic heterocycles. The molecular weight excluding hydrogens is 472 g/mol. The summed E-state index contributed by atoms with van der Waals surface area (Å²) in [6.07, 6.45) is 6.50. The van der Waals surface area contributed by atoms with E-state index in [1.807, 2.05) is 11.3 Å². The van der Waals surface area contributed by atoms with E-state index in [0.717, 1.165) is 5.33 Å². The molecule has 19 heavy (non-hydrogen) atoms. The predicted molar refractivity (Wildman–Crippen MR) is 99.0 cm³/mol. The molecule has 2 heterocycles. The predicted octanol–water partition coefficient (Wildman–Crippen LogP) is 7.50. The highest BCUT2D eigenvalue weighted by molar-refractivity contribution is 9.12. The molecule has 0 aromatic carbocycles. The molecule has 0 N–H and O–H groups in total. The SMILES string of the molecule is BrCCCCCCc1ccc(-c2cc(Br)sc2Br)s1. The van der Waals surface area contributed by atoms with E-state index < -0.39 is 0 Å². The Kier molecular flexibility index (Phi) is 7.10. The Balaban J connectivity index is 1.90. The lowest BCUT2D eigenvalue weighted by Gasteiger charge is -1.98. The molecule has 0 aliphatic carbocycles. The van der Waals surface area contributed by atoms with E-state index in [1.165, 1.54) is 55.0 Å². The van der Waals surface area contributed by atoms with Gasteiger partial charge >= 0.3 is 0 Å². The van der Waals surface area contributed by atoms with E-state index in [0.29, 0.717) is 0 Å². The quantitative estimate of drug-likeness (QED) is 0.280. The Hall–Kier alpha value is 0.840. The fourth-order valence-electron chi connectivity index (χ4n) is 1.91. The van der Waals surface area contributed by atoms with Gasteiger partial charge in [-0.3, -0.25) is 0 Å². The van der Waals surface area contributed by atoms with Gasteiger partial charge < -0.3 is 0 Å². The number of alkyl halides is 1. The van der Waals surface area contributed by atoms with Crippen LogP contribution in [0, 0.1) is 0 Å². The van der Waals surface area contributed by atoms with Crippen LogP contribution in [-0.4, -0.2) is 5.33 Å². The third-order valence-corrected chi connectivity index (χ3v) is 6.97. The normalized spacial score (nSPS) is 11.1. The van der Waals surface area contributed by atoms with Gasteiger partial charge in [-0.2, -0.15) is 0 Å². The molecule has 0 radical (unpaired) electrons. The van der Waals surface area contributed by atoms with Gasteiger partial charge in [0.15, 0.2) is 0 Å². The van der Waals surface area contributed by atoms with E-state index in [9.17, 15) is 0 Å². The average Bonchev–Trinajstić information content (AvgIpc) is 2.95. The van der Waals surface area contributed by atoms with Crippen molar-refractivity contribution in [1.82, 2.24) is 0 Å². The molecule has 0 amide bonds. The molecule has 0 aliphatic rings. The first-order chi connectivity index (χ1) is 9.20. The maximum atomic E-state index is 3.63. The monoisotopic (exact) mass is 484 g/mol. The zero-order chi connectivity index (χ0) is 13.7. The summed E-state index contributed by atoms with van der Waals surface area (Å²) >= 11 is 14.3. The fourth-order valence-corrected chi connectivity index (χ4v) is 6.42. The minimum atomic E-state index is 1.14. The van der Waals surface area contributed by atoms with Crippen LogP contribution in [-0.2, 0) is 6.42 Å². The van der Waals surface area contributed by atoms with Crippen molar-refractivity contribution in [2.75, 3.05) is 5.33 Å². The zero-order valence-corrected chi connectivity index (χ0v) is 16.8. The van der Waals surface area contributed by atoms with Crippen molar-refractivity contribution in [3.8, 4) is 10.4 Å². The van der Waals surface area contributed by atoms with Crippen LogP contribution in [0.5, 0.6) is 0 Å². The van der Waals surface area contributed by atoms with Crippen molar-refractivity contribution >= 4 is 70.5 Å². The first kappa shape index (κ1) is 16.2. The molecule has 0 saturated carbocycles. The maximum Gasteiger partial charge on any atom is 0.0796 e. The minimum absolute atomic E-state index is 1.14. The molecule has 0 bridgehead atoms. The molecular formula is C14H15Br3S2. The van der Waals surface area contributed by atoms with Gasteiger partial charge in [-0.1, -0.05) is 28.8 Å². The molecule has 0 spiro atoms. The second-order valence-electron chi connectivity index (χ2n) is 4.36. The van der Waals surface area contributed by atoms with E-state index in [4.69, 9.17) is 0 Å². The summed E-state index contributed by atoms with van der Waals surface area (Å²) in [6, 6.07) is 6.72. The molecule has 104 valence electrons. The summed E-state index contributed by atoms with van der Waals surface area (Å²) in [4.78, 5) is 2.87. The lowest BCUT2D eigenvalue weighted by atomic mass is 10.1. The molecule has 0 saturated heterocycles. The molecule has 0 aliphatic heterocycles. The summed E-state index contributed by atoms with van der Waals surface area (Å²) in [7, 11) is 0. The van der Waals surface area contributed by atoms with E-state index in [2.05, 4.69) is 66.0 Å². The van der Waals surface area contributed by atoms with Gasteiger partial charge in [-0.25, -0.2) is 0 Å². The molecule has 2 rings (SSSR count). The van der Waals surface area contributed by atoms with Gasteiger partial charge in [0.1, 0.15) is 0 Å². The molecule has 0 unspecified atom stereocenters. The third kappa shape index (κ3) is 4.95. The van der Waals surface area contributed by atoms with Gasteiger partial charge in [0.2, 0.25) is 0 Å². The topological polar surface area (TPSA) is 0 Å². The summed E-state index contributed by atoms with van der Waals surface area (Å²) in [5, 5.41) is 1.14. The number of halogens is 3. The first-order valence-corrected chi connectivity index (χ1v) is 10.6. The molecule has 0 nitrogen and oxygen atoms in total. The summed E-state index contributed by atoms with van der Waals surface area (Å²) in [6.45, 7) is 0. The number of aryl methyl sites for hydroxylation is 1. The Labute approximate surface area is 148 Å². The van der Waals surface area contributed by atoms with Gasteiger partial charge in [-0.15, -0.1) is 22.7 Å². The lowest BCUT2D eigenvalue weighted by Crippen LogP contribution is -1.82. The molecule has 5 heteroatoms. The number of thiophene rings is 2. The largest absolute Gasteiger partial charge is 0.140 e. The summed E-state index contributed by atoms with van der Waals surface area (Å²) in [5.41, 5.74) is 1.31. The standard InChI is InChI=1S/C14H15Br3S2/c15-8-4-2-1-3-5-10-6-7-12(18-10)11-9-13(16)19-14(11)17/h6-7,9H,1-5,8H2. The van der Waals surface area contributed by atoms with Crippen LogP contribution in [0.15, 0.2) is 25.8 Å². The van der Waals surface area contributed by atoms with Crippen molar-refractivity contribution < 1.29 is 0 Å². The number of hydrogen-bond acceptors (Lipinski definition) is 2. The highest BCUT2D eigenvalue weighted by Crippen LogP contribution is 2.41. The maximum absolute atomic E-state index is 3.63. The highest BCUT2D eigenvalue weighted by atomic mass is 79.9. The van der Waals surface area contributed by atoms with Gasteiger partial charge in [-0.05, 0) is 69.3 Å². The first-order valence-electron chi connectivity index (χ1n) is 6.30. The van der Waals surface area contributed by atoms with Crippen LogP contribution in [0.2, 0.25) is 0 Å². The number of unbranched alkanes of at least 4 members (excludes halogenated alkanes) is 3. The molecule has 2 aromatic rings. The van der Waals surface area contributed by atoms with Crippen LogP contribution >= 0.6 is 70.5 Å². The second kappa shape index (κ2) is 8.32. The van der Waals surface area contributed by atoms with Crippen molar-refractivity contribution in [3.63, 3.8) is 0 Å². The van der Waals surface area contributed by atoms with Gasteiger partial charge in [0, 0.05) is 20.6 Å². The lowest BCUT2D eigenvalue weighted by molar-refractivity contribution is 0.675. The van der Waals surface area contributed by atoms with Crippen LogP contribution in [0.3, 0.4) is 0 Å². The smallest absolute Gasteiger partial charge is 0.0796 e. The van der Waals surface area contributed by atoms with E-state index in [1.54, 1.807) is 11.3 Å². The fraction of sp³-hybridized carbons (Fsp3) is 0.429. The minimum Gasteiger partial charge on any atom is -0.140 e. The van der Waals surface area contributed by atoms with E-state index in [-0.39, 0.29) is 0 Å². The summed E-state index contributed by atoms with van der Waals surface area (Å²) in [5.74, 6) is 0. The van der Waals surface area contributed by atoms with Crippen LogP contribution in [0.1, 0.15) is 30.6 Å². The third-order valence-electron chi connectivity index (χ3n) is 2.89. The second-order valence-corrected chi connectivity index (χ2v) is 10.1. The van der Waals surface area contributed by atoms with Gasteiger partial charge in [0.25, 0.3) is 0 Å².